The van der Waals surface area contributed by atoms with Crippen LogP contribution in [0.3, 0.4) is 0 Å². The minimum Gasteiger partial charge on any atom is -0.496 e. The summed E-state index contributed by atoms with van der Waals surface area (Å²) in [4.78, 5) is 12.3. The van der Waals surface area contributed by atoms with Crippen molar-refractivity contribution in [3.05, 3.63) is 29.8 Å². The van der Waals surface area contributed by atoms with Crippen LogP contribution in [0.15, 0.2) is 24.3 Å². The summed E-state index contributed by atoms with van der Waals surface area (Å²) < 4.78 is 5.33. The van der Waals surface area contributed by atoms with Crippen LogP contribution in [0.2, 0.25) is 0 Å². The normalized spacial score (nSPS) is 15.2. The van der Waals surface area contributed by atoms with Crippen LogP contribution in [-0.2, 0) is 11.2 Å². The first-order valence-electron chi connectivity index (χ1n) is 7.09. The van der Waals surface area contributed by atoms with Crippen molar-refractivity contribution in [2.45, 2.75) is 39.7 Å². The fourth-order valence-electron chi connectivity index (χ4n) is 2.05. The zero-order chi connectivity index (χ0) is 15.2. The van der Waals surface area contributed by atoms with E-state index in [1.54, 1.807) is 7.11 Å². The van der Waals surface area contributed by atoms with Crippen LogP contribution in [-0.4, -0.2) is 25.6 Å². The van der Waals surface area contributed by atoms with Gasteiger partial charge in [0, 0.05) is 12.6 Å². The molecule has 0 saturated heterocycles. The number of hydrogen-bond donors (Lipinski definition) is 2. The molecule has 1 rings (SSSR count). The first kappa shape index (κ1) is 16.5. The largest absolute Gasteiger partial charge is 0.496 e. The number of benzene rings is 1. The lowest BCUT2D eigenvalue weighted by Gasteiger charge is -2.27. The third-order valence-corrected chi connectivity index (χ3v) is 3.88. The maximum atomic E-state index is 12.3. The molecule has 20 heavy (non-hydrogen) atoms. The molecular weight excluding hydrogens is 252 g/mol. The van der Waals surface area contributed by atoms with Gasteiger partial charge in [-0.1, -0.05) is 25.1 Å². The van der Waals surface area contributed by atoms with E-state index in [0.717, 1.165) is 24.2 Å². The summed E-state index contributed by atoms with van der Waals surface area (Å²) in [6.45, 7) is 6.24. The van der Waals surface area contributed by atoms with Crippen molar-refractivity contribution < 1.29 is 9.53 Å². The van der Waals surface area contributed by atoms with E-state index in [2.05, 4.69) is 5.32 Å². The number of nitrogens with one attached hydrogen (secondary N) is 1. The molecule has 0 heterocycles. The van der Waals surface area contributed by atoms with Gasteiger partial charge in [-0.2, -0.15) is 0 Å². The number of rotatable bonds is 7. The number of carbonyl (C=O) groups excluding carboxylic acids is 1. The second kappa shape index (κ2) is 7.29. The molecule has 112 valence electrons. The molecule has 2 atom stereocenters. The molecule has 0 aromatic heterocycles. The summed E-state index contributed by atoms with van der Waals surface area (Å²) in [5.41, 5.74) is 6.31. The lowest BCUT2D eigenvalue weighted by Crippen LogP contribution is -2.47. The monoisotopic (exact) mass is 278 g/mol. The van der Waals surface area contributed by atoms with E-state index in [1.165, 1.54) is 0 Å². The number of methoxy groups -OCH3 is 1. The van der Waals surface area contributed by atoms with Gasteiger partial charge in [-0.05, 0) is 38.3 Å². The average molecular weight is 278 g/mol. The SMILES string of the molecule is CCC(C)(CN)C(=O)NC(C)Cc1ccccc1OC. The molecule has 3 N–H and O–H groups in total. The van der Waals surface area contributed by atoms with Gasteiger partial charge in [0.25, 0.3) is 0 Å². The van der Waals surface area contributed by atoms with Gasteiger partial charge in [0.15, 0.2) is 0 Å². The van der Waals surface area contributed by atoms with Crippen molar-refractivity contribution in [2.24, 2.45) is 11.1 Å². The molecule has 1 aromatic rings. The van der Waals surface area contributed by atoms with Crippen molar-refractivity contribution in [2.75, 3.05) is 13.7 Å². The number of ether oxygens (including phenoxy) is 1. The Bertz CT molecular complexity index is 442. The number of amides is 1. The predicted octanol–water partition coefficient (Wildman–Crippen LogP) is 2.12. The highest BCUT2D eigenvalue weighted by molar-refractivity contribution is 5.82. The van der Waals surface area contributed by atoms with Gasteiger partial charge in [0.05, 0.1) is 12.5 Å². The molecule has 0 fully saturated rings. The molecule has 1 aromatic carbocycles. The van der Waals surface area contributed by atoms with Gasteiger partial charge in [-0.25, -0.2) is 0 Å². The Morgan fingerprint density at radius 2 is 2.10 bits per heavy atom. The maximum absolute atomic E-state index is 12.3. The van der Waals surface area contributed by atoms with Gasteiger partial charge in [0.1, 0.15) is 5.75 Å². The maximum Gasteiger partial charge on any atom is 0.227 e. The van der Waals surface area contributed by atoms with E-state index in [0.29, 0.717) is 6.54 Å². The summed E-state index contributed by atoms with van der Waals surface area (Å²) in [6, 6.07) is 7.90. The summed E-state index contributed by atoms with van der Waals surface area (Å²) in [6.07, 6.45) is 1.47. The molecule has 0 aliphatic heterocycles. The quantitative estimate of drug-likeness (QED) is 0.803. The van der Waals surface area contributed by atoms with Gasteiger partial charge in [-0.15, -0.1) is 0 Å². The number of para-hydroxylation sites is 1. The standard InChI is InChI=1S/C16H26N2O2/c1-5-16(3,11-17)15(19)18-12(2)10-13-8-6-7-9-14(13)20-4/h6-9,12H,5,10-11,17H2,1-4H3,(H,18,19). The second-order valence-electron chi connectivity index (χ2n) is 5.51. The Hall–Kier alpha value is -1.55. The van der Waals surface area contributed by atoms with Crippen molar-refractivity contribution in [3.8, 4) is 5.75 Å². The molecule has 1 amide bonds. The van der Waals surface area contributed by atoms with Crippen molar-refractivity contribution in [1.82, 2.24) is 5.32 Å². The molecule has 2 unspecified atom stereocenters. The zero-order valence-corrected chi connectivity index (χ0v) is 12.9. The van der Waals surface area contributed by atoms with Crippen LogP contribution in [0.25, 0.3) is 0 Å². The minimum atomic E-state index is -0.491. The van der Waals surface area contributed by atoms with E-state index in [4.69, 9.17) is 10.5 Å². The number of carbonyl (C=O) groups is 1. The third kappa shape index (κ3) is 3.97. The molecule has 0 aliphatic rings. The molecule has 0 bridgehead atoms. The Balaban J connectivity index is 2.68. The average Bonchev–Trinajstić information content (AvgIpc) is 2.46. The van der Waals surface area contributed by atoms with Gasteiger partial charge in [-0.3, -0.25) is 4.79 Å². The van der Waals surface area contributed by atoms with E-state index in [1.807, 2.05) is 45.0 Å². The molecule has 4 heteroatoms. The topological polar surface area (TPSA) is 64.4 Å². The zero-order valence-electron chi connectivity index (χ0n) is 12.9. The molecule has 4 nitrogen and oxygen atoms in total. The fraction of sp³-hybridized carbons (Fsp3) is 0.562. The molecule has 0 aliphatic carbocycles. The van der Waals surface area contributed by atoms with Gasteiger partial charge in [0.2, 0.25) is 5.91 Å². The van der Waals surface area contributed by atoms with E-state index >= 15 is 0 Å². The molecule has 0 saturated carbocycles. The molecule has 0 spiro atoms. The van der Waals surface area contributed by atoms with E-state index < -0.39 is 5.41 Å². The van der Waals surface area contributed by atoms with Crippen LogP contribution < -0.4 is 15.8 Å². The van der Waals surface area contributed by atoms with Crippen molar-refractivity contribution >= 4 is 5.91 Å². The third-order valence-electron chi connectivity index (χ3n) is 3.88. The Labute approximate surface area is 121 Å². The first-order chi connectivity index (χ1) is 9.46. The Kier molecular flexibility index (Phi) is 6.02. The van der Waals surface area contributed by atoms with Crippen LogP contribution in [0.5, 0.6) is 5.75 Å². The van der Waals surface area contributed by atoms with Crippen LogP contribution >= 0.6 is 0 Å². The number of hydrogen-bond acceptors (Lipinski definition) is 3. The highest BCUT2D eigenvalue weighted by atomic mass is 16.5. The smallest absolute Gasteiger partial charge is 0.227 e. The fourth-order valence-corrected chi connectivity index (χ4v) is 2.05. The predicted molar refractivity (Wildman–Crippen MR) is 81.8 cm³/mol. The Morgan fingerprint density at radius 1 is 1.45 bits per heavy atom. The van der Waals surface area contributed by atoms with Crippen molar-refractivity contribution in [3.63, 3.8) is 0 Å². The highest BCUT2D eigenvalue weighted by Crippen LogP contribution is 2.21. The lowest BCUT2D eigenvalue weighted by molar-refractivity contribution is -0.130. The number of nitrogens with two attached hydrogens (primary N) is 1. The molecular formula is C16H26N2O2. The van der Waals surface area contributed by atoms with Crippen LogP contribution in [0, 0.1) is 5.41 Å². The molecule has 0 radical (unpaired) electrons. The minimum absolute atomic E-state index is 0.0184. The Morgan fingerprint density at radius 3 is 2.65 bits per heavy atom. The van der Waals surface area contributed by atoms with Crippen LogP contribution in [0.1, 0.15) is 32.8 Å². The summed E-state index contributed by atoms with van der Waals surface area (Å²) >= 11 is 0. The summed E-state index contributed by atoms with van der Waals surface area (Å²) in [5, 5.41) is 3.05. The second-order valence-corrected chi connectivity index (χ2v) is 5.51. The van der Waals surface area contributed by atoms with Gasteiger partial charge >= 0.3 is 0 Å². The van der Waals surface area contributed by atoms with Crippen molar-refractivity contribution in [1.29, 1.82) is 0 Å². The van der Waals surface area contributed by atoms with E-state index in [-0.39, 0.29) is 11.9 Å². The lowest BCUT2D eigenvalue weighted by atomic mass is 9.86. The van der Waals surface area contributed by atoms with E-state index in [9.17, 15) is 4.79 Å². The summed E-state index contributed by atoms with van der Waals surface area (Å²) in [5.74, 6) is 0.871. The summed E-state index contributed by atoms with van der Waals surface area (Å²) in [7, 11) is 1.66. The van der Waals surface area contributed by atoms with Gasteiger partial charge < -0.3 is 15.8 Å². The van der Waals surface area contributed by atoms with Crippen LogP contribution in [0.4, 0.5) is 0 Å². The highest BCUT2D eigenvalue weighted by Gasteiger charge is 2.30. The first-order valence-corrected chi connectivity index (χ1v) is 7.09.